The quantitative estimate of drug-likeness (QED) is 0.569. The third kappa shape index (κ3) is 1.50. The molecule has 0 saturated heterocycles. The highest BCUT2D eigenvalue weighted by atomic mass is 16.2. The van der Waals surface area contributed by atoms with Crippen molar-refractivity contribution in [3.63, 3.8) is 0 Å². The van der Waals surface area contributed by atoms with Gasteiger partial charge in [-0.25, -0.2) is 0 Å². The standard InChI is InChI=1S/C10H13NO2/c12-9-7-5-3-1-2-4-6-8(7)10(13)11-9/h1-6H2,(H,11,12,13). The van der Waals surface area contributed by atoms with Gasteiger partial charge in [-0.15, -0.1) is 0 Å². The Balaban J connectivity index is 2.27. The molecule has 2 aliphatic rings. The molecule has 1 aliphatic heterocycles. The second-order valence-corrected chi connectivity index (χ2v) is 3.65. The van der Waals surface area contributed by atoms with E-state index in [1.807, 2.05) is 0 Å². The van der Waals surface area contributed by atoms with Crippen molar-refractivity contribution in [3.8, 4) is 0 Å². The van der Waals surface area contributed by atoms with Gasteiger partial charge in [-0.05, 0) is 25.7 Å². The van der Waals surface area contributed by atoms with Gasteiger partial charge < -0.3 is 0 Å². The van der Waals surface area contributed by atoms with E-state index in [2.05, 4.69) is 5.32 Å². The van der Waals surface area contributed by atoms with E-state index in [4.69, 9.17) is 0 Å². The molecular formula is C10H13NO2. The van der Waals surface area contributed by atoms with Crippen LogP contribution in [0.1, 0.15) is 38.5 Å². The zero-order valence-corrected chi connectivity index (χ0v) is 7.56. The Kier molecular flexibility index (Phi) is 2.17. The first-order valence-corrected chi connectivity index (χ1v) is 4.87. The third-order valence-corrected chi connectivity index (χ3v) is 2.74. The SMILES string of the molecule is O=C1NC(=O)C2=C1CCCCCC2. The van der Waals surface area contributed by atoms with Crippen LogP contribution in [0.4, 0.5) is 0 Å². The number of amides is 2. The van der Waals surface area contributed by atoms with Gasteiger partial charge in [0.05, 0.1) is 0 Å². The summed E-state index contributed by atoms with van der Waals surface area (Å²) in [5, 5.41) is 2.36. The van der Waals surface area contributed by atoms with E-state index in [0.717, 1.165) is 36.8 Å². The zero-order chi connectivity index (χ0) is 9.26. The monoisotopic (exact) mass is 179 g/mol. The Morgan fingerprint density at radius 3 is 1.69 bits per heavy atom. The van der Waals surface area contributed by atoms with Crippen LogP contribution in [-0.4, -0.2) is 11.8 Å². The van der Waals surface area contributed by atoms with Crippen LogP contribution in [0.5, 0.6) is 0 Å². The summed E-state index contributed by atoms with van der Waals surface area (Å²) in [6, 6.07) is 0. The molecule has 0 unspecified atom stereocenters. The van der Waals surface area contributed by atoms with Crippen molar-refractivity contribution in [2.75, 3.05) is 0 Å². The fourth-order valence-electron chi connectivity index (χ4n) is 2.01. The molecule has 0 fully saturated rings. The summed E-state index contributed by atoms with van der Waals surface area (Å²) < 4.78 is 0. The molecule has 0 aromatic heterocycles. The molecule has 13 heavy (non-hydrogen) atoms. The zero-order valence-electron chi connectivity index (χ0n) is 7.56. The number of imide groups is 1. The van der Waals surface area contributed by atoms with Crippen molar-refractivity contribution in [2.45, 2.75) is 38.5 Å². The summed E-state index contributed by atoms with van der Waals surface area (Å²) in [7, 11) is 0. The number of carbonyl (C=O) groups excluding carboxylic acids is 2. The minimum absolute atomic E-state index is 0.151. The van der Waals surface area contributed by atoms with Gasteiger partial charge in [0.25, 0.3) is 11.8 Å². The van der Waals surface area contributed by atoms with Crippen LogP contribution in [-0.2, 0) is 9.59 Å². The molecule has 0 aromatic carbocycles. The number of hydrogen-bond acceptors (Lipinski definition) is 2. The van der Waals surface area contributed by atoms with Crippen molar-refractivity contribution >= 4 is 11.8 Å². The van der Waals surface area contributed by atoms with Gasteiger partial charge >= 0.3 is 0 Å². The van der Waals surface area contributed by atoms with Crippen LogP contribution < -0.4 is 5.32 Å². The normalized spacial score (nSPS) is 23.7. The van der Waals surface area contributed by atoms with E-state index in [1.54, 1.807) is 0 Å². The molecule has 2 rings (SSSR count). The van der Waals surface area contributed by atoms with E-state index < -0.39 is 0 Å². The Morgan fingerprint density at radius 1 is 0.769 bits per heavy atom. The molecule has 70 valence electrons. The molecule has 3 nitrogen and oxygen atoms in total. The van der Waals surface area contributed by atoms with Crippen LogP contribution in [0.3, 0.4) is 0 Å². The lowest BCUT2D eigenvalue weighted by molar-refractivity contribution is -0.124. The van der Waals surface area contributed by atoms with Gasteiger partial charge in [-0.3, -0.25) is 14.9 Å². The van der Waals surface area contributed by atoms with Crippen LogP contribution in [0, 0.1) is 0 Å². The first-order chi connectivity index (χ1) is 6.29. The highest BCUT2D eigenvalue weighted by molar-refractivity contribution is 6.19. The lowest BCUT2D eigenvalue weighted by Gasteiger charge is -2.07. The van der Waals surface area contributed by atoms with Gasteiger partial charge in [0.15, 0.2) is 0 Å². The summed E-state index contributed by atoms with van der Waals surface area (Å²) in [6.07, 6.45) is 6.01. The van der Waals surface area contributed by atoms with Crippen molar-refractivity contribution < 1.29 is 9.59 Å². The van der Waals surface area contributed by atoms with Crippen LogP contribution in [0.25, 0.3) is 0 Å². The largest absolute Gasteiger partial charge is 0.289 e. The number of rotatable bonds is 0. The minimum Gasteiger partial charge on any atom is -0.289 e. The van der Waals surface area contributed by atoms with E-state index in [9.17, 15) is 9.59 Å². The van der Waals surface area contributed by atoms with E-state index in [1.165, 1.54) is 12.8 Å². The Morgan fingerprint density at radius 2 is 1.23 bits per heavy atom. The van der Waals surface area contributed by atoms with Crippen LogP contribution in [0.15, 0.2) is 11.1 Å². The summed E-state index contributed by atoms with van der Waals surface area (Å²) in [4.78, 5) is 22.6. The van der Waals surface area contributed by atoms with Crippen molar-refractivity contribution in [1.29, 1.82) is 0 Å². The van der Waals surface area contributed by atoms with Crippen molar-refractivity contribution in [2.24, 2.45) is 0 Å². The topological polar surface area (TPSA) is 46.2 Å². The fourth-order valence-corrected chi connectivity index (χ4v) is 2.01. The first kappa shape index (κ1) is 8.48. The molecule has 0 saturated carbocycles. The summed E-state index contributed by atoms with van der Waals surface area (Å²) in [6.45, 7) is 0. The van der Waals surface area contributed by atoms with Crippen LogP contribution >= 0.6 is 0 Å². The Hall–Kier alpha value is -1.12. The van der Waals surface area contributed by atoms with Gasteiger partial charge in [0.1, 0.15) is 0 Å². The lowest BCUT2D eigenvalue weighted by Crippen LogP contribution is -2.23. The second kappa shape index (κ2) is 3.32. The first-order valence-electron chi connectivity index (χ1n) is 4.87. The van der Waals surface area contributed by atoms with Gasteiger partial charge in [0.2, 0.25) is 0 Å². The third-order valence-electron chi connectivity index (χ3n) is 2.74. The predicted octanol–water partition coefficient (Wildman–Crippen LogP) is 1.29. The molecular weight excluding hydrogens is 166 g/mol. The Bertz CT molecular complexity index is 263. The average molecular weight is 179 g/mol. The molecule has 1 aliphatic carbocycles. The Labute approximate surface area is 77.2 Å². The number of nitrogens with one attached hydrogen (secondary N) is 1. The van der Waals surface area contributed by atoms with Gasteiger partial charge in [-0.1, -0.05) is 12.8 Å². The van der Waals surface area contributed by atoms with Crippen molar-refractivity contribution in [3.05, 3.63) is 11.1 Å². The summed E-state index contributed by atoms with van der Waals surface area (Å²) >= 11 is 0. The highest BCUT2D eigenvalue weighted by Gasteiger charge is 2.29. The fraction of sp³-hybridized carbons (Fsp3) is 0.600. The molecule has 0 spiro atoms. The van der Waals surface area contributed by atoms with E-state index >= 15 is 0 Å². The maximum Gasteiger partial charge on any atom is 0.254 e. The molecule has 3 heteroatoms. The average Bonchev–Trinajstić information content (AvgIpc) is 2.25. The minimum atomic E-state index is -0.151. The smallest absolute Gasteiger partial charge is 0.254 e. The number of hydrogen-bond donors (Lipinski definition) is 1. The molecule has 0 radical (unpaired) electrons. The molecule has 1 N–H and O–H groups in total. The lowest BCUT2D eigenvalue weighted by atomic mass is 9.95. The summed E-state index contributed by atoms with van der Waals surface area (Å²) in [5.41, 5.74) is 1.51. The van der Waals surface area contributed by atoms with Gasteiger partial charge in [0, 0.05) is 11.1 Å². The van der Waals surface area contributed by atoms with E-state index in [-0.39, 0.29) is 11.8 Å². The molecule has 2 amide bonds. The molecule has 0 aromatic rings. The molecule has 0 bridgehead atoms. The molecule has 0 atom stereocenters. The van der Waals surface area contributed by atoms with Crippen molar-refractivity contribution in [1.82, 2.24) is 5.32 Å². The maximum atomic E-state index is 11.3. The van der Waals surface area contributed by atoms with E-state index in [0.29, 0.717) is 0 Å². The predicted molar refractivity (Wildman–Crippen MR) is 47.9 cm³/mol. The van der Waals surface area contributed by atoms with Crippen LogP contribution in [0.2, 0.25) is 0 Å². The highest BCUT2D eigenvalue weighted by Crippen LogP contribution is 2.26. The number of carbonyl (C=O) groups is 2. The second-order valence-electron chi connectivity index (χ2n) is 3.65. The summed E-state index contributed by atoms with van der Waals surface area (Å²) in [5.74, 6) is -0.302. The molecule has 1 heterocycles. The van der Waals surface area contributed by atoms with Gasteiger partial charge in [-0.2, -0.15) is 0 Å². The maximum absolute atomic E-state index is 11.3.